The van der Waals surface area contributed by atoms with Gasteiger partial charge in [-0.25, -0.2) is 4.98 Å². The predicted molar refractivity (Wildman–Crippen MR) is 81.0 cm³/mol. The largest absolute Gasteiger partial charge is 0.347 e. The maximum absolute atomic E-state index is 11.7. The Hall–Kier alpha value is -0.360. The monoisotopic (exact) mass is 313 g/mol. The number of carbonyl (C=O) groups excluding carboxylic acids is 1. The minimum atomic E-state index is -0.0199. The molecule has 2 N–H and O–H groups in total. The van der Waals surface area contributed by atoms with Crippen molar-refractivity contribution in [1.29, 1.82) is 0 Å². The molecule has 0 aliphatic rings. The van der Waals surface area contributed by atoms with Gasteiger partial charge >= 0.3 is 0 Å². The number of hydrogen-bond acceptors (Lipinski definition) is 4. The molecule has 1 aromatic rings. The van der Waals surface area contributed by atoms with E-state index in [1.165, 1.54) is 0 Å². The number of aromatic nitrogens is 1. The Balaban J connectivity index is 0. The molecule has 0 bridgehead atoms. The fourth-order valence-electron chi connectivity index (χ4n) is 1.39. The third kappa shape index (κ3) is 6.00. The van der Waals surface area contributed by atoms with Crippen LogP contribution in [0, 0.1) is 12.8 Å². The van der Waals surface area contributed by atoms with Crippen molar-refractivity contribution in [3.63, 3.8) is 0 Å². The van der Waals surface area contributed by atoms with Gasteiger partial charge in [-0.05, 0) is 20.9 Å². The number of thiazole rings is 1. The molecule has 2 atom stereocenters. The second-order valence-electron chi connectivity index (χ2n) is 4.02. The molecule has 0 aliphatic heterocycles. The zero-order chi connectivity index (χ0) is 12.1. The summed E-state index contributed by atoms with van der Waals surface area (Å²) < 4.78 is 0. The molecule has 4 nitrogen and oxygen atoms in total. The first kappa shape index (κ1) is 20.0. The normalized spacial score (nSPS) is 12.9. The van der Waals surface area contributed by atoms with Crippen molar-refractivity contribution >= 4 is 42.1 Å². The molecule has 0 saturated carbocycles. The predicted octanol–water partition coefficient (Wildman–Crippen LogP) is 2.33. The maximum Gasteiger partial charge on any atom is 0.224 e. The minimum Gasteiger partial charge on any atom is -0.347 e. The Bertz CT molecular complexity index is 360. The van der Waals surface area contributed by atoms with E-state index in [2.05, 4.69) is 15.6 Å². The fraction of sp³-hybridized carbons (Fsp3) is 0.636. The molecule has 1 rings (SSSR count). The zero-order valence-electron chi connectivity index (χ0n) is 11.0. The van der Waals surface area contributed by atoms with Gasteiger partial charge in [0.2, 0.25) is 5.91 Å². The summed E-state index contributed by atoms with van der Waals surface area (Å²) in [6, 6.07) is -0.00879. The lowest BCUT2D eigenvalue weighted by Gasteiger charge is -2.15. The van der Waals surface area contributed by atoms with E-state index < -0.39 is 0 Å². The highest BCUT2D eigenvalue weighted by atomic mass is 35.5. The lowest BCUT2D eigenvalue weighted by Crippen LogP contribution is -2.35. The Kier molecular flexibility index (Phi) is 10.6. The van der Waals surface area contributed by atoms with Crippen LogP contribution in [-0.4, -0.2) is 24.5 Å². The molecule has 0 radical (unpaired) electrons. The molecule has 0 aromatic carbocycles. The lowest BCUT2D eigenvalue weighted by molar-refractivity contribution is -0.125. The van der Waals surface area contributed by atoms with Crippen LogP contribution in [0.25, 0.3) is 0 Å². The Morgan fingerprint density at radius 3 is 2.50 bits per heavy atom. The van der Waals surface area contributed by atoms with Gasteiger partial charge in [0.05, 0.1) is 6.04 Å². The van der Waals surface area contributed by atoms with Crippen LogP contribution in [0.3, 0.4) is 0 Å². The first-order valence-corrected chi connectivity index (χ1v) is 6.29. The molecule has 0 saturated heterocycles. The molecule has 18 heavy (non-hydrogen) atoms. The van der Waals surface area contributed by atoms with E-state index in [4.69, 9.17) is 0 Å². The third-order valence-corrected chi connectivity index (χ3v) is 3.47. The van der Waals surface area contributed by atoms with E-state index in [9.17, 15) is 4.79 Å². The molecule has 106 valence electrons. The van der Waals surface area contributed by atoms with Gasteiger partial charge in [-0.1, -0.05) is 6.92 Å². The van der Waals surface area contributed by atoms with Crippen molar-refractivity contribution < 1.29 is 4.79 Å². The highest BCUT2D eigenvalue weighted by molar-refractivity contribution is 7.09. The highest BCUT2D eigenvalue weighted by Gasteiger charge is 2.16. The second kappa shape index (κ2) is 9.55. The van der Waals surface area contributed by atoms with Crippen LogP contribution in [0.15, 0.2) is 5.38 Å². The Labute approximate surface area is 125 Å². The van der Waals surface area contributed by atoms with Crippen LogP contribution in [0.2, 0.25) is 0 Å². The van der Waals surface area contributed by atoms with Gasteiger partial charge in [0.1, 0.15) is 5.01 Å². The van der Waals surface area contributed by atoms with Crippen molar-refractivity contribution in [3.8, 4) is 0 Å². The maximum atomic E-state index is 11.7. The average molecular weight is 314 g/mol. The van der Waals surface area contributed by atoms with Crippen molar-refractivity contribution in [1.82, 2.24) is 15.6 Å². The van der Waals surface area contributed by atoms with Crippen LogP contribution >= 0.6 is 36.2 Å². The van der Waals surface area contributed by atoms with Crippen molar-refractivity contribution in [3.05, 3.63) is 16.1 Å². The fourth-order valence-corrected chi connectivity index (χ4v) is 2.19. The first-order valence-electron chi connectivity index (χ1n) is 5.41. The van der Waals surface area contributed by atoms with Crippen LogP contribution in [-0.2, 0) is 4.79 Å². The standard InChI is InChI=1S/C11H19N3OS.2ClH/c1-7(5-12-4)10(15)14-9(3)11-13-8(2)6-16-11;;/h6-7,9,12H,5H2,1-4H3,(H,14,15);2*1H. The second-order valence-corrected chi connectivity index (χ2v) is 4.91. The third-order valence-electron chi connectivity index (χ3n) is 2.32. The van der Waals surface area contributed by atoms with E-state index in [1.807, 2.05) is 33.2 Å². The van der Waals surface area contributed by atoms with Crippen molar-refractivity contribution in [2.45, 2.75) is 26.8 Å². The zero-order valence-corrected chi connectivity index (χ0v) is 13.5. The number of rotatable bonds is 5. The van der Waals surface area contributed by atoms with E-state index in [1.54, 1.807) is 11.3 Å². The van der Waals surface area contributed by atoms with E-state index >= 15 is 0 Å². The van der Waals surface area contributed by atoms with Gasteiger partial charge in [-0.3, -0.25) is 4.79 Å². The molecule has 1 aromatic heterocycles. The van der Waals surface area contributed by atoms with Gasteiger partial charge in [0.25, 0.3) is 0 Å². The smallest absolute Gasteiger partial charge is 0.224 e. The quantitative estimate of drug-likeness (QED) is 0.877. The first-order chi connectivity index (χ1) is 7.54. The minimum absolute atomic E-state index is 0. The van der Waals surface area contributed by atoms with E-state index in [-0.39, 0.29) is 42.7 Å². The van der Waals surface area contributed by atoms with Gasteiger partial charge in [0, 0.05) is 23.5 Å². The summed E-state index contributed by atoms with van der Waals surface area (Å²) >= 11 is 1.58. The average Bonchev–Trinajstić information content (AvgIpc) is 2.65. The van der Waals surface area contributed by atoms with E-state index in [0.717, 1.165) is 10.7 Å². The summed E-state index contributed by atoms with van der Waals surface area (Å²) in [5, 5.41) is 8.91. The molecular weight excluding hydrogens is 293 g/mol. The number of amides is 1. The summed E-state index contributed by atoms with van der Waals surface area (Å²) in [6.45, 7) is 6.52. The lowest BCUT2D eigenvalue weighted by atomic mass is 10.1. The summed E-state index contributed by atoms with van der Waals surface area (Å²) in [5.74, 6) is 0.0446. The Morgan fingerprint density at radius 2 is 2.06 bits per heavy atom. The number of nitrogens with one attached hydrogen (secondary N) is 2. The molecular formula is C11H21Cl2N3OS. The van der Waals surface area contributed by atoms with Crippen LogP contribution in [0.1, 0.15) is 30.6 Å². The summed E-state index contributed by atoms with van der Waals surface area (Å²) in [4.78, 5) is 16.1. The molecule has 0 spiro atoms. The topological polar surface area (TPSA) is 54.0 Å². The van der Waals surface area contributed by atoms with Crippen molar-refractivity contribution in [2.75, 3.05) is 13.6 Å². The molecule has 0 fully saturated rings. The summed E-state index contributed by atoms with van der Waals surface area (Å²) in [7, 11) is 1.84. The van der Waals surface area contributed by atoms with E-state index in [0.29, 0.717) is 6.54 Å². The van der Waals surface area contributed by atoms with Gasteiger partial charge in [-0.15, -0.1) is 36.2 Å². The van der Waals surface area contributed by atoms with Gasteiger partial charge in [-0.2, -0.15) is 0 Å². The summed E-state index contributed by atoms with van der Waals surface area (Å²) in [5.41, 5.74) is 1.00. The number of carbonyl (C=O) groups is 1. The molecule has 2 unspecified atom stereocenters. The molecule has 0 aliphatic carbocycles. The number of hydrogen-bond donors (Lipinski definition) is 2. The van der Waals surface area contributed by atoms with Gasteiger partial charge < -0.3 is 10.6 Å². The SMILES string of the molecule is CNCC(C)C(=O)NC(C)c1nc(C)cs1.Cl.Cl. The van der Waals surface area contributed by atoms with Crippen molar-refractivity contribution in [2.24, 2.45) is 5.92 Å². The molecule has 7 heteroatoms. The summed E-state index contributed by atoms with van der Waals surface area (Å²) in [6.07, 6.45) is 0. The van der Waals surface area contributed by atoms with Crippen LogP contribution in [0.5, 0.6) is 0 Å². The molecule has 1 heterocycles. The molecule has 1 amide bonds. The highest BCUT2D eigenvalue weighted by Crippen LogP contribution is 2.17. The van der Waals surface area contributed by atoms with Crippen LogP contribution < -0.4 is 10.6 Å². The van der Waals surface area contributed by atoms with Gasteiger partial charge in [0.15, 0.2) is 0 Å². The number of aryl methyl sites for hydroxylation is 1. The number of halogens is 2. The Morgan fingerprint density at radius 1 is 1.44 bits per heavy atom. The van der Waals surface area contributed by atoms with Crippen LogP contribution in [0.4, 0.5) is 0 Å². The number of nitrogens with zero attached hydrogens (tertiary/aromatic N) is 1.